The van der Waals surface area contributed by atoms with Crippen LogP contribution in [0.3, 0.4) is 0 Å². The number of hydrogen-bond acceptors (Lipinski definition) is 4. The number of rotatable bonds is 6. The molecule has 1 aromatic heterocycles. The average Bonchev–Trinajstić information content (AvgIpc) is 3.03. The number of benzene rings is 2. The third-order valence-electron chi connectivity index (χ3n) is 4.04. The van der Waals surface area contributed by atoms with Crippen LogP contribution >= 0.6 is 0 Å². The number of nitrogens with zero attached hydrogens (tertiary/aromatic N) is 1. The van der Waals surface area contributed by atoms with E-state index in [0.717, 1.165) is 23.1 Å². The number of fused-ring (bicyclic) bond motifs is 1. The van der Waals surface area contributed by atoms with Gasteiger partial charge in [0.05, 0.1) is 19.6 Å². The molecule has 0 aliphatic carbocycles. The van der Waals surface area contributed by atoms with Crippen LogP contribution in [0, 0.1) is 0 Å². The second-order valence-electron chi connectivity index (χ2n) is 5.60. The summed E-state index contributed by atoms with van der Waals surface area (Å²) in [6.45, 7) is 2.04. The third-order valence-corrected chi connectivity index (χ3v) is 4.04. The van der Waals surface area contributed by atoms with Crippen LogP contribution in [-0.4, -0.2) is 18.2 Å². The number of aromatic nitrogens is 1. The molecule has 0 aliphatic rings. The van der Waals surface area contributed by atoms with E-state index < -0.39 is 0 Å². The number of carbonyl (C=O) groups is 1. The van der Waals surface area contributed by atoms with E-state index >= 15 is 0 Å². The van der Waals surface area contributed by atoms with Gasteiger partial charge in [-0.05, 0) is 36.2 Å². The molecule has 0 bridgehead atoms. The number of nitrogens with one attached hydrogen (secondary N) is 1. The number of para-hydroxylation sites is 1. The lowest BCUT2D eigenvalue weighted by Crippen LogP contribution is -2.29. The predicted octanol–water partition coefficient (Wildman–Crippen LogP) is 3.65. The Morgan fingerprint density at radius 2 is 1.96 bits per heavy atom. The smallest absolute Gasteiger partial charge is 0.226 e. The summed E-state index contributed by atoms with van der Waals surface area (Å²) < 4.78 is 10.4. The van der Waals surface area contributed by atoms with Gasteiger partial charge < -0.3 is 14.6 Å². The van der Waals surface area contributed by atoms with Gasteiger partial charge in [0, 0.05) is 5.39 Å². The lowest BCUT2D eigenvalue weighted by Gasteiger charge is -2.17. The van der Waals surface area contributed by atoms with Crippen LogP contribution in [0.4, 0.5) is 0 Å². The van der Waals surface area contributed by atoms with E-state index in [0.29, 0.717) is 11.3 Å². The molecule has 1 unspecified atom stereocenters. The molecule has 1 N–H and O–H groups in total. The first-order valence-corrected chi connectivity index (χ1v) is 7.98. The lowest BCUT2D eigenvalue weighted by molar-refractivity contribution is -0.121. The Kier molecular flexibility index (Phi) is 4.79. The molecule has 0 fully saturated rings. The van der Waals surface area contributed by atoms with Crippen molar-refractivity contribution >= 4 is 16.9 Å². The predicted molar refractivity (Wildman–Crippen MR) is 91.9 cm³/mol. The maximum absolute atomic E-state index is 12.4. The summed E-state index contributed by atoms with van der Waals surface area (Å²) in [5, 5.41) is 7.95. The highest BCUT2D eigenvalue weighted by Gasteiger charge is 2.16. The van der Waals surface area contributed by atoms with Crippen molar-refractivity contribution in [1.29, 1.82) is 0 Å². The van der Waals surface area contributed by atoms with Crippen LogP contribution in [0.5, 0.6) is 5.75 Å². The number of hydrogen-bond donors (Lipinski definition) is 1. The Morgan fingerprint density at radius 3 is 2.67 bits per heavy atom. The first kappa shape index (κ1) is 16.1. The molecule has 0 spiro atoms. The minimum atomic E-state index is -0.0725. The summed E-state index contributed by atoms with van der Waals surface area (Å²) in [5.41, 5.74) is 2.41. The Balaban J connectivity index is 1.70. The van der Waals surface area contributed by atoms with Crippen molar-refractivity contribution in [2.24, 2.45) is 0 Å². The molecule has 0 radical (unpaired) electrons. The normalized spacial score (nSPS) is 12.1. The Labute approximate surface area is 140 Å². The molecular weight excluding hydrogens is 304 g/mol. The zero-order valence-electron chi connectivity index (χ0n) is 13.8. The fourth-order valence-corrected chi connectivity index (χ4v) is 2.72. The van der Waals surface area contributed by atoms with Crippen LogP contribution in [0.25, 0.3) is 11.0 Å². The van der Waals surface area contributed by atoms with Crippen LogP contribution in [-0.2, 0) is 11.2 Å². The van der Waals surface area contributed by atoms with Crippen molar-refractivity contribution in [3.63, 3.8) is 0 Å². The summed E-state index contributed by atoms with van der Waals surface area (Å²) in [4.78, 5) is 12.4. The van der Waals surface area contributed by atoms with E-state index in [1.807, 2.05) is 55.5 Å². The van der Waals surface area contributed by atoms with E-state index in [-0.39, 0.29) is 18.4 Å². The van der Waals surface area contributed by atoms with E-state index in [1.54, 1.807) is 7.11 Å². The minimum absolute atomic E-state index is 0.0402. The fraction of sp³-hybridized carbons (Fsp3) is 0.263. The van der Waals surface area contributed by atoms with Crippen LogP contribution in [0.2, 0.25) is 0 Å². The van der Waals surface area contributed by atoms with Gasteiger partial charge in [-0.1, -0.05) is 36.3 Å². The zero-order chi connectivity index (χ0) is 16.9. The number of ether oxygens (including phenoxy) is 1. The highest BCUT2D eigenvalue weighted by atomic mass is 16.5. The van der Waals surface area contributed by atoms with Crippen LogP contribution in [0.1, 0.15) is 30.6 Å². The second-order valence-corrected chi connectivity index (χ2v) is 5.60. The maximum Gasteiger partial charge on any atom is 0.226 e. The first-order chi connectivity index (χ1) is 11.7. The average molecular weight is 324 g/mol. The van der Waals surface area contributed by atoms with E-state index in [1.165, 1.54) is 0 Å². The quantitative estimate of drug-likeness (QED) is 0.752. The molecule has 0 saturated heterocycles. The summed E-state index contributed by atoms with van der Waals surface area (Å²) in [6.07, 6.45) is 1.00. The van der Waals surface area contributed by atoms with Gasteiger partial charge in [-0.3, -0.25) is 4.79 Å². The molecule has 3 aromatic rings. The van der Waals surface area contributed by atoms with Crippen molar-refractivity contribution in [2.45, 2.75) is 25.8 Å². The first-order valence-electron chi connectivity index (χ1n) is 7.98. The van der Waals surface area contributed by atoms with Gasteiger partial charge in [-0.2, -0.15) is 0 Å². The lowest BCUT2D eigenvalue weighted by atomic mass is 10.0. The molecule has 3 rings (SSSR count). The molecule has 2 aromatic carbocycles. The SMILES string of the molecule is CCC(NC(=O)Cc1noc2ccccc12)c1ccc(OC)cc1. The van der Waals surface area contributed by atoms with E-state index in [2.05, 4.69) is 10.5 Å². The van der Waals surface area contributed by atoms with Crippen molar-refractivity contribution in [2.75, 3.05) is 7.11 Å². The molecule has 5 heteroatoms. The van der Waals surface area contributed by atoms with Crippen molar-refractivity contribution < 1.29 is 14.1 Å². The molecule has 0 saturated carbocycles. The second kappa shape index (κ2) is 7.17. The molecule has 1 heterocycles. The summed E-state index contributed by atoms with van der Waals surface area (Å²) in [7, 11) is 1.64. The monoisotopic (exact) mass is 324 g/mol. The van der Waals surface area contributed by atoms with Crippen molar-refractivity contribution in [3.05, 3.63) is 59.8 Å². The van der Waals surface area contributed by atoms with Gasteiger partial charge in [0.1, 0.15) is 11.4 Å². The number of methoxy groups -OCH3 is 1. The fourth-order valence-electron chi connectivity index (χ4n) is 2.72. The Hall–Kier alpha value is -2.82. The number of carbonyl (C=O) groups excluding carboxylic acids is 1. The molecule has 1 amide bonds. The van der Waals surface area contributed by atoms with Crippen molar-refractivity contribution in [3.8, 4) is 5.75 Å². The Morgan fingerprint density at radius 1 is 1.21 bits per heavy atom. The van der Waals surface area contributed by atoms with Crippen LogP contribution in [0.15, 0.2) is 53.1 Å². The zero-order valence-corrected chi connectivity index (χ0v) is 13.8. The van der Waals surface area contributed by atoms with Gasteiger partial charge in [0.2, 0.25) is 5.91 Å². The third kappa shape index (κ3) is 3.40. The standard InChI is InChI=1S/C19H20N2O3/c1-3-16(13-8-10-14(23-2)11-9-13)20-19(22)12-17-15-6-4-5-7-18(15)24-21-17/h4-11,16H,3,12H2,1-2H3,(H,20,22). The molecule has 1 atom stereocenters. The molecule has 5 nitrogen and oxygen atoms in total. The van der Waals surface area contributed by atoms with Crippen molar-refractivity contribution in [1.82, 2.24) is 10.5 Å². The van der Waals surface area contributed by atoms with Gasteiger partial charge in [-0.25, -0.2) is 0 Å². The molecule has 24 heavy (non-hydrogen) atoms. The summed E-state index contributed by atoms with van der Waals surface area (Å²) in [5.74, 6) is 0.728. The van der Waals surface area contributed by atoms with Crippen LogP contribution < -0.4 is 10.1 Å². The summed E-state index contributed by atoms with van der Waals surface area (Å²) >= 11 is 0. The highest BCUT2D eigenvalue weighted by Crippen LogP contribution is 2.21. The minimum Gasteiger partial charge on any atom is -0.497 e. The van der Waals surface area contributed by atoms with Gasteiger partial charge in [0.15, 0.2) is 5.58 Å². The number of amides is 1. The van der Waals surface area contributed by atoms with Gasteiger partial charge >= 0.3 is 0 Å². The molecule has 0 aliphatic heterocycles. The molecular formula is C19H20N2O3. The largest absolute Gasteiger partial charge is 0.497 e. The van der Waals surface area contributed by atoms with E-state index in [4.69, 9.17) is 9.26 Å². The van der Waals surface area contributed by atoms with E-state index in [9.17, 15) is 4.79 Å². The Bertz CT molecular complexity index is 824. The van der Waals surface area contributed by atoms with Gasteiger partial charge in [-0.15, -0.1) is 0 Å². The summed E-state index contributed by atoms with van der Waals surface area (Å²) in [6, 6.07) is 15.2. The maximum atomic E-state index is 12.4. The van der Waals surface area contributed by atoms with Gasteiger partial charge in [0.25, 0.3) is 0 Å². The molecule has 124 valence electrons. The topological polar surface area (TPSA) is 64.4 Å². The highest BCUT2D eigenvalue weighted by molar-refractivity contribution is 5.86.